The summed E-state index contributed by atoms with van der Waals surface area (Å²) >= 11 is 0. The van der Waals surface area contributed by atoms with E-state index in [1.54, 1.807) is 0 Å². The molecule has 0 fully saturated rings. The predicted molar refractivity (Wildman–Crippen MR) is 348 cm³/mol. The van der Waals surface area contributed by atoms with Gasteiger partial charge in [0.25, 0.3) is 0 Å². The van der Waals surface area contributed by atoms with Gasteiger partial charge in [-0.25, -0.2) is 0 Å². The molecule has 0 rings (SSSR count). The molecule has 0 aliphatic carbocycles. The Bertz CT molecular complexity index is 1520. The summed E-state index contributed by atoms with van der Waals surface area (Å²) in [5.41, 5.74) is 0. The molecule has 0 aromatic carbocycles. The first-order valence-electron chi connectivity index (χ1n) is 34.6. The molecule has 0 aliphatic rings. The lowest BCUT2D eigenvalue weighted by Gasteiger charge is -2.18. The van der Waals surface area contributed by atoms with Crippen LogP contribution in [-0.2, 0) is 28.6 Å². The molecule has 0 spiro atoms. The monoisotopic (exact) mass is 1110 g/mol. The number of allylic oxidation sites excluding steroid dienone is 14. The van der Waals surface area contributed by atoms with E-state index in [2.05, 4.69) is 106 Å². The SMILES string of the molecule is CCCCC/C=C\C/C=C\C/C=C\CCCCCCCCC(=O)OC(COC(=O)CCCCCCC/C=C\CCCCCCC)COC(=O)CCCCCCCCCCCCCCCC/C=C\C/C=C\C/C=C\CCCCCCC. The molecule has 0 amide bonds. The zero-order valence-corrected chi connectivity index (χ0v) is 53.1. The zero-order chi connectivity index (χ0) is 57.8. The van der Waals surface area contributed by atoms with Crippen molar-refractivity contribution >= 4 is 17.9 Å². The number of unbranched alkanes of at least 4 members (excludes halogenated alkanes) is 38. The van der Waals surface area contributed by atoms with Crippen LogP contribution in [0, 0.1) is 0 Å². The highest BCUT2D eigenvalue weighted by Crippen LogP contribution is 2.17. The van der Waals surface area contributed by atoms with Crippen molar-refractivity contribution in [2.45, 2.75) is 354 Å². The Balaban J connectivity index is 4.28. The molecule has 0 N–H and O–H groups in total. The molecule has 1 unspecified atom stereocenters. The van der Waals surface area contributed by atoms with Gasteiger partial charge in [-0.1, -0.05) is 292 Å². The van der Waals surface area contributed by atoms with Gasteiger partial charge in [0, 0.05) is 19.3 Å². The van der Waals surface area contributed by atoms with Gasteiger partial charge in [-0.3, -0.25) is 14.4 Å². The molecule has 0 saturated carbocycles. The summed E-state index contributed by atoms with van der Waals surface area (Å²) in [5.74, 6) is -0.890. The van der Waals surface area contributed by atoms with Crippen LogP contribution >= 0.6 is 0 Å². The molecular formula is C74H130O6. The molecule has 0 aliphatic heterocycles. The van der Waals surface area contributed by atoms with Crippen LogP contribution in [0.15, 0.2) is 85.1 Å². The second-order valence-electron chi connectivity index (χ2n) is 23.1. The highest BCUT2D eigenvalue weighted by molar-refractivity contribution is 5.71. The van der Waals surface area contributed by atoms with Crippen LogP contribution in [0.3, 0.4) is 0 Å². The van der Waals surface area contributed by atoms with Gasteiger partial charge in [-0.2, -0.15) is 0 Å². The maximum atomic E-state index is 12.9. The van der Waals surface area contributed by atoms with Crippen molar-refractivity contribution in [1.29, 1.82) is 0 Å². The Labute approximate surface area is 496 Å². The summed E-state index contributed by atoms with van der Waals surface area (Å²) < 4.78 is 17.0. The third kappa shape index (κ3) is 65.4. The minimum absolute atomic E-state index is 0.0830. The van der Waals surface area contributed by atoms with Gasteiger partial charge in [0.2, 0.25) is 0 Å². The maximum absolute atomic E-state index is 12.9. The van der Waals surface area contributed by atoms with Crippen molar-refractivity contribution in [2.24, 2.45) is 0 Å². The fourth-order valence-corrected chi connectivity index (χ4v) is 9.87. The third-order valence-electron chi connectivity index (χ3n) is 15.1. The topological polar surface area (TPSA) is 78.9 Å². The number of rotatable bonds is 63. The molecule has 6 nitrogen and oxygen atoms in total. The average Bonchev–Trinajstić information content (AvgIpc) is 3.46. The first-order valence-corrected chi connectivity index (χ1v) is 34.6. The summed E-state index contributed by atoms with van der Waals surface area (Å²) in [7, 11) is 0. The van der Waals surface area contributed by atoms with Crippen molar-refractivity contribution in [3.8, 4) is 0 Å². The van der Waals surface area contributed by atoms with Crippen LogP contribution in [0.25, 0.3) is 0 Å². The van der Waals surface area contributed by atoms with Crippen LogP contribution in [0.5, 0.6) is 0 Å². The summed E-state index contributed by atoms with van der Waals surface area (Å²) in [6.07, 6.45) is 90.3. The van der Waals surface area contributed by atoms with Gasteiger partial charge < -0.3 is 14.2 Å². The van der Waals surface area contributed by atoms with Crippen LogP contribution < -0.4 is 0 Å². The zero-order valence-electron chi connectivity index (χ0n) is 53.1. The van der Waals surface area contributed by atoms with Crippen molar-refractivity contribution < 1.29 is 28.6 Å². The molecular weight excluding hydrogens is 985 g/mol. The predicted octanol–water partition coefficient (Wildman–Crippen LogP) is 23.8. The summed E-state index contributed by atoms with van der Waals surface area (Å²) in [4.78, 5) is 38.4. The highest BCUT2D eigenvalue weighted by Gasteiger charge is 2.19. The molecule has 0 aromatic heterocycles. The molecule has 462 valence electrons. The fraction of sp³-hybridized carbons (Fsp3) is 0.770. The average molecular weight is 1120 g/mol. The van der Waals surface area contributed by atoms with E-state index in [1.807, 2.05) is 0 Å². The molecule has 1 atom stereocenters. The first kappa shape index (κ1) is 76.6. The Morgan fingerprint density at radius 3 is 0.738 bits per heavy atom. The van der Waals surface area contributed by atoms with E-state index >= 15 is 0 Å². The van der Waals surface area contributed by atoms with Gasteiger partial charge in [-0.15, -0.1) is 0 Å². The Morgan fingerprint density at radius 2 is 0.450 bits per heavy atom. The van der Waals surface area contributed by atoms with Gasteiger partial charge in [0.15, 0.2) is 6.10 Å². The van der Waals surface area contributed by atoms with Gasteiger partial charge >= 0.3 is 17.9 Å². The lowest BCUT2D eigenvalue weighted by molar-refractivity contribution is -0.167. The molecule has 0 saturated heterocycles. The number of hydrogen-bond acceptors (Lipinski definition) is 6. The lowest BCUT2D eigenvalue weighted by atomic mass is 10.0. The van der Waals surface area contributed by atoms with Crippen molar-refractivity contribution in [3.63, 3.8) is 0 Å². The Kier molecular flexibility index (Phi) is 65.2. The fourth-order valence-electron chi connectivity index (χ4n) is 9.87. The summed E-state index contributed by atoms with van der Waals surface area (Å²) in [6, 6.07) is 0. The second-order valence-corrected chi connectivity index (χ2v) is 23.1. The van der Waals surface area contributed by atoms with E-state index in [0.29, 0.717) is 19.3 Å². The summed E-state index contributed by atoms with van der Waals surface area (Å²) in [6.45, 7) is 6.61. The largest absolute Gasteiger partial charge is 0.462 e. The summed E-state index contributed by atoms with van der Waals surface area (Å²) in [5, 5.41) is 0. The Hall–Kier alpha value is -3.41. The minimum Gasteiger partial charge on any atom is -0.462 e. The molecule has 0 aromatic rings. The molecule has 0 radical (unpaired) electrons. The van der Waals surface area contributed by atoms with Crippen molar-refractivity contribution in [1.82, 2.24) is 0 Å². The lowest BCUT2D eigenvalue weighted by Crippen LogP contribution is -2.30. The Morgan fingerprint density at radius 1 is 0.250 bits per heavy atom. The standard InChI is InChI=1S/C74H130O6/c1-4-7-10-13-16-19-22-25-28-30-32-33-34-35-36-37-38-39-40-41-43-44-46-49-52-55-58-61-64-67-73(76)79-70-71(69-78-72(75)66-63-60-57-54-51-48-27-24-21-18-15-12-9-6-3)80-74(77)68-65-62-59-56-53-50-47-45-42-31-29-26-23-20-17-14-11-8-5-2/h17,20,22,24-27,29-30,32,34-35,42,45,71H,4-16,18-19,21,23,28,31,33,36-41,43-44,46-70H2,1-3H3/b20-17-,25-22-,27-24-,29-26-,32-30-,35-34-,45-42-. The molecule has 0 bridgehead atoms. The second kappa shape index (κ2) is 68.1. The number of carbonyl (C=O) groups is 3. The third-order valence-corrected chi connectivity index (χ3v) is 15.1. The minimum atomic E-state index is -0.788. The normalized spacial score (nSPS) is 12.6. The van der Waals surface area contributed by atoms with E-state index < -0.39 is 6.10 Å². The van der Waals surface area contributed by atoms with Crippen LogP contribution in [0.4, 0.5) is 0 Å². The maximum Gasteiger partial charge on any atom is 0.306 e. The van der Waals surface area contributed by atoms with E-state index in [4.69, 9.17) is 14.2 Å². The first-order chi connectivity index (χ1) is 39.5. The van der Waals surface area contributed by atoms with Crippen LogP contribution in [-0.4, -0.2) is 37.2 Å². The number of hydrogen-bond donors (Lipinski definition) is 0. The van der Waals surface area contributed by atoms with E-state index in [0.717, 1.165) is 103 Å². The number of ether oxygens (including phenoxy) is 3. The van der Waals surface area contributed by atoms with Crippen LogP contribution in [0.1, 0.15) is 348 Å². The van der Waals surface area contributed by atoms with Gasteiger partial charge in [-0.05, 0) is 122 Å². The van der Waals surface area contributed by atoms with Gasteiger partial charge in [0.05, 0.1) is 0 Å². The highest BCUT2D eigenvalue weighted by atomic mass is 16.6. The molecule has 80 heavy (non-hydrogen) atoms. The molecule has 0 heterocycles. The van der Waals surface area contributed by atoms with E-state index in [-0.39, 0.29) is 31.1 Å². The van der Waals surface area contributed by atoms with Crippen molar-refractivity contribution in [2.75, 3.05) is 13.2 Å². The molecule has 6 heteroatoms. The van der Waals surface area contributed by atoms with E-state index in [9.17, 15) is 14.4 Å². The van der Waals surface area contributed by atoms with Gasteiger partial charge in [0.1, 0.15) is 13.2 Å². The van der Waals surface area contributed by atoms with E-state index in [1.165, 1.54) is 205 Å². The van der Waals surface area contributed by atoms with Crippen LogP contribution in [0.2, 0.25) is 0 Å². The number of carbonyl (C=O) groups excluding carboxylic acids is 3. The number of esters is 3. The smallest absolute Gasteiger partial charge is 0.306 e. The van der Waals surface area contributed by atoms with Crippen molar-refractivity contribution in [3.05, 3.63) is 85.1 Å². The quantitative estimate of drug-likeness (QED) is 0.0261.